The zero-order valence-electron chi connectivity index (χ0n) is 12.2. The highest BCUT2D eigenvalue weighted by Gasteiger charge is 2.03. The first-order chi connectivity index (χ1) is 8.59. The van der Waals surface area contributed by atoms with Crippen LogP contribution in [0.2, 0.25) is 0 Å². The maximum absolute atomic E-state index is 5.72. The molecule has 0 aromatic heterocycles. The Bertz CT molecular complexity index is 301. The topological polar surface area (TPSA) is 21.3 Å². The van der Waals surface area contributed by atoms with E-state index in [1.165, 1.54) is 11.1 Å². The second-order valence-electron chi connectivity index (χ2n) is 5.70. The minimum absolute atomic E-state index is 0.594. The van der Waals surface area contributed by atoms with Crippen LogP contribution in [0.4, 0.5) is 0 Å². The molecule has 0 unspecified atom stereocenters. The smallest absolute Gasteiger partial charge is 0.0720 e. The molecule has 0 radical (unpaired) electrons. The van der Waals surface area contributed by atoms with E-state index in [9.17, 15) is 0 Å². The van der Waals surface area contributed by atoms with Crippen molar-refractivity contribution in [1.29, 1.82) is 0 Å². The van der Waals surface area contributed by atoms with Gasteiger partial charge in [0, 0.05) is 13.2 Å². The van der Waals surface area contributed by atoms with Crippen LogP contribution in [0, 0.1) is 11.8 Å². The fourth-order valence-corrected chi connectivity index (χ4v) is 1.77. The van der Waals surface area contributed by atoms with Gasteiger partial charge in [0.25, 0.3) is 0 Å². The summed E-state index contributed by atoms with van der Waals surface area (Å²) in [5.74, 6) is 1.28. The maximum Gasteiger partial charge on any atom is 0.0720 e. The summed E-state index contributed by atoms with van der Waals surface area (Å²) in [6, 6.07) is 8.52. The van der Waals surface area contributed by atoms with Crippen LogP contribution >= 0.6 is 0 Å². The third-order valence-electron chi connectivity index (χ3n) is 2.70. The Balaban J connectivity index is 2.45. The summed E-state index contributed by atoms with van der Waals surface area (Å²) < 4.78 is 5.72. The van der Waals surface area contributed by atoms with Gasteiger partial charge in [-0.3, -0.25) is 0 Å². The molecule has 1 rings (SSSR count). The summed E-state index contributed by atoms with van der Waals surface area (Å²) in [5, 5.41) is 3.49. The summed E-state index contributed by atoms with van der Waals surface area (Å²) in [6.07, 6.45) is 0. The Morgan fingerprint density at radius 1 is 1.00 bits per heavy atom. The van der Waals surface area contributed by atoms with Crippen LogP contribution in [-0.4, -0.2) is 13.2 Å². The number of hydrogen-bond acceptors (Lipinski definition) is 2. The summed E-state index contributed by atoms with van der Waals surface area (Å²) in [6.45, 7) is 12.3. The van der Waals surface area contributed by atoms with E-state index in [1.54, 1.807) is 0 Å². The van der Waals surface area contributed by atoms with Crippen LogP contribution < -0.4 is 5.32 Å². The van der Waals surface area contributed by atoms with Crippen LogP contribution in [-0.2, 0) is 17.9 Å². The average Bonchev–Trinajstić information content (AvgIpc) is 2.30. The molecule has 0 aliphatic heterocycles. The second-order valence-corrected chi connectivity index (χ2v) is 5.70. The number of nitrogens with one attached hydrogen (secondary N) is 1. The van der Waals surface area contributed by atoms with Crippen LogP contribution in [0.15, 0.2) is 24.3 Å². The monoisotopic (exact) mass is 249 g/mol. The number of rotatable bonds is 8. The lowest BCUT2D eigenvalue weighted by atomic mass is 10.1. The van der Waals surface area contributed by atoms with Crippen LogP contribution in [0.1, 0.15) is 38.8 Å². The van der Waals surface area contributed by atoms with Gasteiger partial charge in [-0.05, 0) is 29.5 Å². The van der Waals surface area contributed by atoms with Crippen molar-refractivity contribution in [3.8, 4) is 0 Å². The van der Waals surface area contributed by atoms with Crippen molar-refractivity contribution in [1.82, 2.24) is 5.32 Å². The zero-order valence-corrected chi connectivity index (χ0v) is 12.2. The molecule has 102 valence electrons. The Morgan fingerprint density at radius 3 is 2.28 bits per heavy atom. The molecule has 0 heterocycles. The molecule has 1 aromatic carbocycles. The predicted molar refractivity (Wildman–Crippen MR) is 77.5 cm³/mol. The Morgan fingerprint density at radius 2 is 1.67 bits per heavy atom. The number of benzene rings is 1. The highest BCUT2D eigenvalue weighted by molar-refractivity contribution is 5.26. The van der Waals surface area contributed by atoms with Gasteiger partial charge in [-0.25, -0.2) is 0 Å². The van der Waals surface area contributed by atoms with Crippen molar-refractivity contribution in [2.45, 2.75) is 40.8 Å². The highest BCUT2D eigenvalue weighted by Crippen LogP contribution is 2.11. The molecule has 0 fully saturated rings. The molecule has 0 bridgehead atoms. The van der Waals surface area contributed by atoms with E-state index in [4.69, 9.17) is 4.74 Å². The molecule has 0 spiro atoms. The molecule has 0 saturated heterocycles. The van der Waals surface area contributed by atoms with Crippen molar-refractivity contribution >= 4 is 0 Å². The van der Waals surface area contributed by atoms with Gasteiger partial charge < -0.3 is 10.1 Å². The van der Waals surface area contributed by atoms with Crippen molar-refractivity contribution in [2.24, 2.45) is 11.8 Å². The third kappa shape index (κ3) is 6.18. The lowest BCUT2D eigenvalue weighted by Gasteiger charge is -2.13. The largest absolute Gasteiger partial charge is 0.376 e. The standard InChI is InChI=1S/C16H27NO/c1-13(2)9-17-10-15-7-5-6-8-16(15)12-18-11-14(3)4/h5-8,13-14,17H,9-12H2,1-4H3. The average molecular weight is 249 g/mol. The van der Waals surface area contributed by atoms with Crippen molar-refractivity contribution in [3.63, 3.8) is 0 Å². The van der Waals surface area contributed by atoms with Gasteiger partial charge in [0.05, 0.1) is 6.61 Å². The van der Waals surface area contributed by atoms with Gasteiger partial charge in [-0.1, -0.05) is 52.0 Å². The van der Waals surface area contributed by atoms with E-state index in [-0.39, 0.29) is 0 Å². The van der Waals surface area contributed by atoms with E-state index < -0.39 is 0 Å². The molecule has 18 heavy (non-hydrogen) atoms. The first kappa shape index (κ1) is 15.2. The molecule has 0 saturated carbocycles. The molecule has 0 amide bonds. The lowest BCUT2D eigenvalue weighted by molar-refractivity contribution is 0.0965. The SMILES string of the molecule is CC(C)CNCc1ccccc1COCC(C)C. The lowest BCUT2D eigenvalue weighted by Crippen LogP contribution is -2.20. The van der Waals surface area contributed by atoms with Crippen molar-refractivity contribution < 1.29 is 4.74 Å². The van der Waals surface area contributed by atoms with Crippen molar-refractivity contribution in [2.75, 3.05) is 13.2 Å². The van der Waals surface area contributed by atoms with E-state index in [0.29, 0.717) is 11.8 Å². The fourth-order valence-electron chi connectivity index (χ4n) is 1.77. The summed E-state index contributed by atoms with van der Waals surface area (Å²) in [5.41, 5.74) is 2.65. The van der Waals surface area contributed by atoms with Crippen LogP contribution in [0.25, 0.3) is 0 Å². The van der Waals surface area contributed by atoms with Gasteiger partial charge in [-0.2, -0.15) is 0 Å². The first-order valence-electron chi connectivity index (χ1n) is 6.94. The highest BCUT2D eigenvalue weighted by atomic mass is 16.5. The number of ether oxygens (including phenoxy) is 1. The number of hydrogen-bond donors (Lipinski definition) is 1. The quantitative estimate of drug-likeness (QED) is 0.760. The Kier molecular flexibility index (Phi) is 6.99. The molecule has 0 atom stereocenters. The van der Waals surface area contributed by atoms with Crippen molar-refractivity contribution in [3.05, 3.63) is 35.4 Å². The Hall–Kier alpha value is -0.860. The molecule has 2 heteroatoms. The second kappa shape index (κ2) is 8.28. The van der Waals surface area contributed by atoms with Gasteiger partial charge in [0.2, 0.25) is 0 Å². The van der Waals surface area contributed by atoms with Gasteiger partial charge in [0.1, 0.15) is 0 Å². The molecule has 1 N–H and O–H groups in total. The van der Waals surface area contributed by atoms with Gasteiger partial charge in [-0.15, -0.1) is 0 Å². The van der Waals surface area contributed by atoms with Gasteiger partial charge >= 0.3 is 0 Å². The first-order valence-corrected chi connectivity index (χ1v) is 6.94. The van der Waals surface area contributed by atoms with Crippen LogP contribution in [0.5, 0.6) is 0 Å². The van der Waals surface area contributed by atoms with E-state index in [2.05, 4.69) is 57.3 Å². The minimum atomic E-state index is 0.594. The summed E-state index contributed by atoms with van der Waals surface area (Å²) >= 11 is 0. The summed E-state index contributed by atoms with van der Waals surface area (Å²) in [7, 11) is 0. The predicted octanol–water partition coefficient (Wildman–Crippen LogP) is 3.60. The molecular weight excluding hydrogens is 222 g/mol. The molecular formula is C16H27NO. The third-order valence-corrected chi connectivity index (χ3v) is 2.70. The zero-order chi connectivity index (χ0) is 13.4. The molecule has 2 nitrogen and oxygen atoms in total. The van der Waals surface area contributed by atoms with Crippen LogP contribution in [0.3, 0.4) is 0 Å². The fraction of sp³-hybridized carbons (Fsp3) is 0.625. The Labute approximate surface area is 112 Å². The normalized spacial score (nSPS) is 11.4. The summed E-state index contributed by atoms with van der Waals surface area (Å²) in [4.78, 5) is 0. The molecule has 1 aromatic rings. The van der Waals surface area contributed by atoms with Gasteiger partial charge in [0.15, 0.2) is 0 Å². The minimum Gasteiger partial charge on any atom is -0.376 e. The molecule has 0 aliphatic carbocycles. The van der Waals surface area contributed by atoms with E-state index in [1.807, 2.05) is 0 Å². The maximum atomic E-state index is 5.72. The van der Waals surface area contributed by atoms with E-state index >= 15 is 0 Å². The molecule has 0 aliphatic rings. The van der Waals surface area contributed by atoms with E-state index in [0.717, 1.165) is 26.3 Å².